The van der Waals surface area contributed by atoms with E-state index in [1.165, 1.54) is 6.92 Å². The van der Waals surface area contributed by atoms with Crippen molar-refractivity contribution in [1.29, 1.82) is 0 Å². The Kier molecular flexibility index (Phi) is 6.34. The Morgan fingerprint density at radius 2 is 1.67 bits per heavy atom. The van der Waals surface area contributed by atoms with Crippen LogP contribution in [0.1, 0.15) is 25.3 Å². The monoisotopic (exact) mass is 334 g/mol. The molecule has 0 aliphatic heterocycles. The molecular weight excluding hydrogens is 308 g/mol. The van der Waals surface area contributed by atoms with Crippen molar-refractivity contribution in [2.24, 2.45) is 5.92 Å². The van der Waals surface area contributed by atoms with Crippen molar-refractivity contribution in [3.05, 3.63) is 29.8 Å². The fourth-order valence-corrected chi connectivity index (χ4v) is 3.02. The number of benzene rings is 1. The molecule has 1 aliphatic carbocycles. The second kappa shape index (κ2) is 8.26. The van der Waals surface area contributed by atoms with Gasteiger partial charge in [-0.15, -0.1) is 0 Å². The van der Waals surface area contributed by atoms with Gasteiger partial charge in [0.1, 0.15) is 0 Å². The largest absolute Gasteiger partial charge is 0.379 e. The lowest BCUT2D eigenvalue weighted by Gasteiger charge is -2.15. The molecule has 0 aromatic heterocycles. The van der Waals surface area contributed by atoms with Crippen LogP contribution in [0.15, 0.2) is 24.3 Å². The van der Waals surface area contributed by atoms with Gasteiger partial charge in [0.2, 0.25) is 11.8 Å². The molecule has 2 amide bonds. The van der Waals surface area contributed by atoms with Gasteiger partial charge in [-0.1, -0.05) is 12.1 Å². The number of amides is 2. The Morgan fingerprint density at radius 1 is 1.12 bits per heavy atom. The van der Waals surface area contributed by atoms with E-state index in [9.17, 15) is 9.59 Å². The highest BCUT2D eigenvalue weighted by Gasteiger charge is 2.38. The summed E-state index contributed by atoms with van der Waals surface area (Å²) < 4.78 is 10.8. The third-order valence-electron chi connectivity index (χ3n) is 4.69. The number of hydrogen-bond donors (Lipinski definition) is 1. The molecule has 0 unspecified atom stereocenters. The van der Waals surface area contributed by atoms with Crippen LogP contribution in [-0.4, -0.2) is 45.3 Å². The van der Waals surface area contributed by atoms with Gasteiger partial charge in [0.15, 0.2) is 0 Å². The molecule has 1 aliphatic rings. The van der Waals surface area contributed by atoms with E-state index in [2.05, 4.69) is 5.32 Å². The first-order chi connectivity index (χ1) is 11.5. The van der Waals surface area contributed by atoms with E-state index in [-0.39, 0.29) is 29.9 Å². The molecule has 6 heteroatoms. The number of nitrogens with zero attached hydrogens (tertiary/aromatic N) is 1. The number of hydrogen-bond acceptors (Lipinski definition) is 4. The molecule has 132 valence electrons. The quantitative estimate of drug-likeness (QED) is 0.860. The molecular formula is C18H26N2O4. The minimum Gasteiger partial charge on any atom is -0.379 e. The molecule has 1 saturated carbocycles. The van der Waals surface area contributed by atoms with Crippen LogP contribution in [0.3, 0.4) is 0 Å². The van der Waals surface area contributed by atoms with Gasteiger partial charge < -0.3 is 19.7 Å². The molecule has 6 nitrogen and oxygen atoms in total. The highest BCUT2D eigenvalue weighted by Crippen LogP contribution is 2.30. The van der Waals surface area contributed by atoms with Crippen molar-refractivity contribution in [2.75, 3.05) is 26.2 Å². The maximum atomic E-state index is 12.3. The number of carbonyl (C=O) groups is 2. The molecule has 1 fully saturated rings. The molecule has 0 spiro atoms. The van der Waals surface area contributed by atoms with Gasteiger partial charge in [0, 0.05) is 46.3 Å². The summed E-state index contributed by atoms with van der Waals surface area (Å²) in [6, 6.07) is 7.58. The van der Waals surface area contributed by atoms with Gasteiger partial charge in [-0.3, -0.25) is 9.59 Å². The molecule has 0 bridgehead atoms. The van der Waals surface area contributed by atoms with Crippen LogP contribution in [0.4, 0.5) is 5.69 Å². The second-order valence-corrected chi connectivity index (χ2v) is 6.18. The van der Waals surface area contributed by atoms with E-state index in [1.54, 1.807) is 26.2 Å². The molecule has 0 saturated heterocycles. The van der Waals surface area contributed by atoms with Gasteiger partial charge >= 0.3 is 0 Å². The zero-order chi connectivity index (χ0) is 17.7. The fourth-order valence-electron chi connectivity index (χ4n) is 3.02. The van der Waals surface area contributed by atoms with Crippen LogP contribution in [0, 0.1) is 5.92 Å². The van der Waals surface area contributed by atoms with Crippen molar-refractivity contribution in [2.45, 2.75) is 38.5 Å². The summed E-state index contributed by atoms with van der Waals surface area (Å²) >= 11 is 0. The average Bonchev–Trinajstić information content (AvgIpc) is 3.02. The number of rotatable bonds is 6. The van der Waals surface area contributed by atoms with Gasteiger partial charge in [-0.25, -0.2) is 0 Å². The van der Waals surface area contributed by atoms with Gasteiger partial charge in [-0.05, 0) is 30.5 Å². The summed E-state index contributed by atoms with van der Waals surface area (Å²) in [7, 11) is 5.03. The van der Waals surface area contributed by atoms with Crippen molar-refractivity contribution in [1.82, 2.24) is 5.32 Å². The first kappa shape index (κ1) is 18.4. The number of carbonyl (C=O) groups excluding carboxylic acids is 2. The summed E-state index contributed by atoms with van der Waals surface area (Å²) in [6.45, 7) is 1.99. The minimum atomic E-state index is -0.0805. The van der Waals surface area contributed by atoms with Crippen molar-refractivity contribution in [3.63, 3.8) is 0 Å². The predicted octanol–water partition coefficient (Wildman–Crippen LogP) is 1.73. The second-order valence-electron chi connectivity index (χ2n) is 6.18. The smallest absolute Gasteiger partial charge is 0.223 e. The Balaban J connectivity index is 1.87. The Bertz CT molecular complexity index is 561. The van der Waals surface area contributed by atoms with Crippen LogP contribution < -0.4 is 10.2 Å². The first-order valence-electron chi connectivity index (χ1n) is 8.12. The highest BCUT2D eigenvalue weighted by molar-refractivity contribution is 5.90. The first-order valence-corrected chi connectivity index (χ1v) is 8.12. The third-order valence-corrected chi connectivity index (χ3v) is 4.69. The molecule has 0 heterocycles. The van der Waals surface area contributed by atoms with E-state index in [0.29, 0.717) is 19.4 Å². The van der Waals surface area contributed by atoms with E-state index in [0.717, 1.165) is 11.3 Å². The van der Waals surface area contributed by atoms with Crippen LogP contribution in [0.2, 0.25) is 0 Å². The third kappa shape index (κ3) is 4.33. The number of nitrogens with one attached hydrogen (secondary N) is 1. The predicted molar refractivity (Wildman–Crippen MR) is 91.7 cm³/mol. The fraction of sp³-hybridized carbons (Fsp3) is 0.556. The highest BCUT2D eigenvalue weighted by atomic mass is 16.5. The average molecular weight is 334 g/mol. The SMILES string of the molecule is CO[C@@H]1CC(C(=O)NCc2ccc(N(C)C(C)=O)cc2)C[C@H]1OC. The lowest BCUT2D eigenvalue weighted by atomic mass is 10.1. The topological polar surface area (TPSA) is 67.9 Å². The van der Waals surface area contributed by atoms with E-state index < -0.39 is 0 Å². The van der Waals surface area contributed by atoms with Crippen LogP contribution in [0.5, 0.6) is 0 Å². The Labute approximate surface area is 143 Å². The van der Waals surface area contributed by atoms with Crippen molar-refractivity contribution >= 4 is 17.5 Å². The summed E-state index contributed by atoms with van der Waals surface area (Å²) in [5, 5.41) is 2.97. The van der Waals surface area contributed by atoms with Crippen molar-refractivity contribution in [3.8, 4) is 0 Å². The van der Waals surface area contributed by atoms with Crippen LogP contribution in [-0.2, 0) is 25.6 Å². The summed E-state index contributed by atoms with van der Waals surface area (Å²) in [4.78, 5) is 25.3. The molecule has 1 aromatic carbocycles. The lowest BCUT2D eigenvalue weighted by molar-refractivity contribution is -0.125. The zero-order valence-electron chi connectivity index (χ0n) is 14.7. The van der Waals surface area contributed by atoms with E-state index in [1.807, 2.05) is 24.3 Å². The normalized spacial score (nSPS) is 20.8. The molecule has 0 radical (unpaired) electrons. The number of methoxy groups -OCH3 is 2. The molecule has 24 heavy (non-hydrogen) atoms. The van der Waals surface area contributed by atoms with E-state index >= 15 is 0 Å². The van der Waals surface area contributed by atoms with Crippen molar-refractivity contribution < 1.29 is 19.1 Å². The number of ether oxygens (including phenoxy) is 2. The van der Waals surface area contributed by atoms with Gasteiger partial charge in [0.25, 0.3) is 0 Å². The lowest BCUT2D eigenvalue weighted by Crippen LogP contribution is -2.29. The summed E-state index contributed by atoms with van der Waals surface area (Å²) in [5.41, 5.74) is 1.83. The maximum absolute atomic E-state index is 12.3. The standard InChI is InChI=1S/C18H26N2O4/c1-12(21)20(2)15-7-5-13(6-8-15)11-19-18(22)14-9-16(23-3)17(10-14)24-4/h5-8,14,16-17H,9-11H2,1-4H3,(H,19,22)/t16-,17-/m1/s1. The zero-order valence-corrected chi connectivity index (χ0v) is 14.7. The molecule has 1 N–H and O–H groups in total. The number of anilines is 1. The van der Waals surface area contributed by atoms with Gasteiger partial charge in [-0.2, -0.15) is 0 Å². The molecule has 1 aromatic rings. The van der Waals surface area contributed by atoms with Gasteiger partial charge in [0.05, 0.1) is 12.2 Å². The van der Waals surface area contributed by atoms with Crippen LogP contribution in [0.25, 0.3) is 0 Å². The molecule has 2 atom stereocenters. The molecule has 2 rings (SSSR count). The van der Waals surface area contributed by atoms with Crippen LogP contribution >= 0.6 is 0 Å². The maximum Gasteiger partial charge on any atom is 0.223 e. The van der Waals surface area contributed by atoms with E-state index in [4.69, 9.17) is 9.47 Å². The summed E-state index contributed by atoms with van der Waals surface area (Å²) in [5.74, 6) is -0.0674. The Morgan fingerprint density at radius 3 is 2.12 bits per heavy atom. The Hall–Kier alpha value is -1.92. The summed E-state index contributed by atoms with van der Waals surface area (Å²) in [6.07, 6.45) is 1.33. The minimum absolute atomic E-state index is 0.0160.